The van der Waals surface area contributed by atoms with E-state index >= 15 is 0 Å². The van der Waals surface area contributed by atoms with Gasteiger partial charge in [0, 0.05) is 34.7 Å². The van der Waals surface area contributed by atoms with E-state index in [9.17, 15) is 9.59 Å². The Morgan fingerprint density at radius 1 is 1.06 bits per heavy atom. The van der Waals surface area contributed by atoms with Crippen LogP contribution in [0.25, 0.3) is 0 Å². The molecular formula is C26H28Cl2N2O4. The zero-order valence-corrected chi connectivity index (χ0v) is 20.4. The molecule has 0 aliphatic carbocycles. The van der Waals surface area contributed by atoms with Crippen LogP contribution < -0.4 is 14.8 Å². The second kappa shape index (κ2) is 10.1. The third kappa shape index (κ3) is 5.19. The standard InChI is InChI=1S/C26H28Cl2N2O4/c27-16-2-7-21(8-3-16)33-11-1-10-30-19-5-6-20(30)14-18(13-19)29-26(32)25-15-23(31)22-12-17(28)4-9-24(22)34-25/h2-4,7-9,12,18-20,25H,1,5-6,10-11,13-15H2,(H,29,32)/t18-,19+,20-,25-/m1/s1. The van der Waals surface area contributed by atoms with Crippen LogP contribution in [0.1, 0.15) is 48.9 Å². The second-order valence-electron chi connectivity index (χ2n) is 9.33. The van der Waals surface area contributed by atoms with Gasteiger partial charge in [-0.2, -0.15) is 0 Å². The number of ether oxygens (including phenoxy) is 2. The van der Waals surface area contributed by atoms with Crippen molar-refractivity contribution in [1.82, 2.24) is 10.2 Å². The summed E-state index contributed by atoms with van der Waals surface area (Å²) in [5, 5.41) is 4.35. The highest BCUT2D eigenvalue weighted by atomic mass is 35.5. The van der Waals surface area contributed by atoms with Crippen molar-refractivity contribution < 1.29 is 19.1 Å². The maximum absolute atomic E-state index is 12.9. The molecule has 4 atom stereocenters. The van der Waals surface area contributed by atoms with E-state index in [1.54, 1.807) is 18.2 Å². The summed E-state index contributed by atoms with van der Waals surface area (Å²) in [4.78, 5) is 28.0. The summed E-state index contributed by atoms with van der Waals surface area (Å²) < 4.78 is 11.7. The van der Waals surface area contributed by atoms with Crippen LogP contribution in [0, 0.1) is 0 Å². The fraction of sp³-hybridized carbons (Fsp3) is 0.462. The van der Waals surface area contributed by atoms with Crippen molar-refractivity contribution in [3.05, 3.63) is 58.1 Å². The Kier molecular flexibility index (Phi) is 7.00. The lowest BCUT2D eigenvalue weighted by Crippen LogP contribution is -2.53. The minimum absolute atomic E-state index is 0.0402. The molecule has 0 spiro atoms. The molecule has 2 saturated heterocycles. The summed E-state index contributed by atoms with van der Waals surface area (Å²) in [5.74, 6) is 0.946. The van der Waals surface area contributed by atoms with Crippen molar-refractivity contribution >= 4 is 34.9 Å². The van der Waals surface area contributed by atoms with E-state index in [1.165, 1.54) is 0 Å². The summed E-state index contributed by atoms with van der Waals surface area (Å²) in [6, 6.07) is 13.4. The average Bonchev–Trinajstić information content (AvgIpc) is 3.06. The number of carbonyl (C=O) groups is 2. The first-order valence-corrected chi connectivity index (χ1v) is 12.7. The van der Waals surface area contributed by atoms with Crippen LogP contribution in [-0.4, -0.2) is 54.0 Å². The van der Waals surface area contributed by atoms with Crippen LogP contribution in [0.4, 0.5) is 0 Å². The van der Waals surface area contributed by atoms with Gasteiger partial charge in [0.1, 0.15) is 11.5 Å². The van der Waals surface area contributed by atoms with Crippen molar-refractivity contribution in [2.45, 2.75) is 62.8 Å². The van der Waals surface area contributed by atoms with Gasteiger partial charge in [-0.25, -0.2) is 0 Å². The second-order valence-corrected chi connectivity index (χ2v) is 10.2. The average molecular weight is 503 g/mol. The van der Waals surface area contributed by atoms with Crippen molar-refractivity contribution in [2.24, 2.45) is 0 Å². The van der Waals surface area contributed by atoms with Crippen molar-refractivity contribution in [3.8, 4) is 11.5 Å². The number of hydrogen-bond donors (Lipinski definition) is 1. The first kappa shape index (κ1) is 23.5. The molecule has 0 aromatic heterocycles. The first-order valence-electron chi connectivity index (χ1n) is 11.9. The Bertz CT molecular complexity index is 1050. The fourth-order valence-electron chi connectivity index (χ4n) is 5.46. The topological polar surface area (TPSA) is 67.9 Å². The zero-order valence-electron chi connectivity index (χ0n) is 18.8. The highest BCUT2D eigenvalue weighted by molar-refractivity contribution is 6.31. The van der Waals surface area contributed by atoms with E-state index in [0.717, 1.165) is 44.4 Å². The molecule has 0 radical (unpaired) electrons. The molecule has 1 amide bonds. The molecule has 8 heteroatoms. The van der Waals surface area contributed by atoms with Gasteiger partial charge in [0.2, 0.25) is 0 Å². The lowest BCUT2D eigenvalue weighted by Gasteiger charge is -2.39. The SMILES string of the molecule is O=C1C[C@H](C(=O)N[C@H]2C[C@H]3CC[C@@H](C2)N3CCCOc2ccc(Cl)cc2)Oc2ccc(Cl)cc21. The zero-order chi connectivity index (χ0) is 23.7. The van der Waals surface area contributed by atoms with Crippen LogP contribution >= 0.6 is 23.2 Å². The Morgan fingerprint density at radius 2 is 1.76 bits per heavy atom. The van der Waals surface area contributed by atoms with Crippen LogP contribution in [0.15, 0.2) is 42.5 Å². The Morgan fingerprint density at radius 3 is 2.50 bits per heavy atom. The largest absolute Gasteiger partial charge is 0.494 e. The lowest BCUT2D eigenvalue weighted by atomic mass is 9.95. The number of hydrogen-bond acceptors (Lipinski definition) is 5. The minimum Gasteiger partial charge on any atom is -0.494 e. The number of carbonyl (C=O) groups excluding carboxylic acids is 2. The Balaban J connectivity index is 1.10. The van der Waals surface area contributed by atoms with Gasteiger partial charge in [-0.3, -0.25) is 14.5 Å². The molecule has 6 nitrogen and oxygen atoms in total. The molecule has 2 aromatic carbocycles. The van der Waals surface area contributed by atoms with Gasteiger partial charge >= 0.3 is 0 Å². The van der Waals surface area contributed by atoms with Gasteiger partial charge in [0.05, 0.1) is 18.6 Å². The summed E-state index contributed by atoms with van der Waals surface area (Å²) in [6.45, 7) is 1.65. The van der Waals surface area contributed by atoms with Crippen molar-refractivity contribution in [1.29, 1.82) is 0 Å². The normalized spacial score (nSPS) is 26.0. The molecule has 2 fully saturated rings. The maximum Gasteiger partial charge on any atom is 0.261 e. The van der Waals surface area contributed by atoms with E-state index in [4.69, 9.17) is 32.7 Å². The number of piperidine rings is 1. The number of Topliss-reactive ketones (excluding diaryl/α,β-unsaturated/α-hetero) is 1. The molecule has 0 unspecified atom stereocenters. The van der Waals surface area contributed by atoms with E-state index in [1.807, 2.05) is 24.3 Å². The molecule has 3 aliphatic rings. The van der Waals surface area contributed by atoms with E-state index in [-0.39, 0.29) is 24.2 Å². The van der Waals surface area contributed by atoms with Crippen LogP contribution in [-0.2, 0) is 4.79 Å². The fourth-order valence-corrected chi connectivity index (χ4v) is 5.76. The number of nitrogens with zero attached hydrogens (tertiary/aromatic N) is 1. The Hall–Kier alpha value is -2.28. The van der Waals surface area contributed by atoms with Gasteiger partial charge in [-0.15, -0.1) is 0 Å². The molecule has 5 rings (SSSR count). The van der Waals surface area contributed by atoms with Crippen molar-refractivity contribution in [3.63, 3.8) is 0 Å². The highest BCUT2D eigenvalue weighted by Crippen LogP contribution is 2.36. The highest BCUT2D eigenvalue weighted by Gasteiger charge is 2.41. The monoisotopic (exact) mass is 502 g/mol. The smallest absolute Gasteiger partial charge is 0.261 e. The number of ketones is 1. The molecule has 1 N–H and O–H groups in total. The lowest BCUT2D eigenvalue weighted by molar-refractivity contribution is -0.129. The molecule has 2 bridgehead atoms. The third-order valence-corrected chi connectivity index (χ3v) is 7.54. The quantitative estimate of drug-likeness (QED) is 0.544. The molecule has 3 aliphatic heterocycles. The molecule has 2 aromatic rings. The number of amides is 1. The predicted molar refractivity (Wildman–Crippen MR) is 131 cm³/mol. The number of rotatable bonds is 7. The van der Waals surface area contributed by atoms with E-state index in [0.29, 0.717) is 40.0 Å². The minimum atomic E-state index is -0.790. The van der Waals surface area contributed by atoms with Gasteiger partial charge in [-0.05, 0) is 74.6 Å². The molecule has 3 heterocycles. The van der Waals surface area contributed by atoms with Gasteiger partial charge < -0.3 is 14.8 Å². The van der Waals surface area contributed by atoms with Crippen molar-refractivity contribution in [2.75, 3.05) is 13.2 Å². The number of benzene rings is 2. The first-order chi connectivity index (χ1) is 16.5. The number of nitrogens with one attached hydrogen (secondary N) is 1. The van der Waals surface area contributed by atoms with Gasteiger partial charge in [0.25, 0.3) is 5.91 Å². The maximum atomic E-state index is 12.9. The third-order valence-electron chi connectivity index (χ3n) is 7.05. The number of halogens is 2. The molecule has 34 heavy (non-hydrogen) atoms. The summed E-state index contributed by atoms with van der Waals surface area (Å²) >= 11 is 11.9. The molecular weight excluding hydrogens is 475 g/mol. The van der Waals surface area contributed by atoms with E-state index < -0.39 is 6.10 Å². The van der Waals surface area contributed by atoms with Gasteiger partial charge in [-0.1, -0.05) is 23.2 Å². The van der Waals surface area contributed by atoms with Crippen LogP contribution in [0.3, 0.4) is 0 Å². The molecule has 180 valence electrons. The van der Waals surface area contributed by atoms with Crippen LogP contribution in [0.2, 0.25) is 10.0 Å². The summed E-state index contributed by atoms with van der Waals surface area (Å²) in [6.07, 6.45) is 4.36. The van der Waals surface area contributed by atoms with E-state index in [2.05, 4.69) is 10.2 Å². The molecule has 0 saturated carbocycles. The van der Waals surface area contributed by atoms with Gasteiger partial charge in [0.15, 0.2) is 11.9 Å². The van der Waals surface area contributed by atoms with Crippen LogP contribution in [0.5, 0.6) is 11.5 Å². The number of fused-ring (bicyclic) bond motifs is 3. The summed E-state index contributed by atoms with van der Waals surface area (Å²) in [7, 11) is 0. The Labute approximate surface area is 209 Å². The predicted octanol–water partition coefficient (Wildman–Crippen LogP) is 4.91. The summed E-state index contributed by atoms with van der Waals surface area (Å²) in [5.41, 5.74) is 0.447.